The molecule has 3 aromatic heterocycles. The van der Waals surface area contributed by atoms with Crippen LogP contribution in [0.1, 0.15) is 24.2 Å². The number of aromatic nitrogens is 5. The minimum absolute atomic E-state index is 0.158. The number of nitrogens with one attached hydrogen (secondary N) is 1. The summed E-state index contributed by atoms with van der Waals surface area (Å²) in [5.74, 6) is 0.682. The number of amides is 2. The third kappa shape index (κ3) is 4.24. The Hall–Kier alpha value is -3.96. The average Bonchev–Trinajstić information content (AvgIpc) is 3.12. The van der Waals surface area contributed by atoms with Crippen molar-refractivity contribution in [1.82, 2.24) is 29.9 Å². The van der Waals surface area contributed by atoms with Crippen molar-refractivity contribution >= 4 is 34.7 Å². The van der Waals surface area contributed by atoms with Crippen molar-refractivity contribution in [3.05, 3.63) is 30.0 Å². The van der Waals surface area contributed by atoms with Crippen molar-refractivity contribution < 1.29 is 19.4 Å². The third-order valence-electron chi connectivity index (χ3n) is 5.19. The molecule has 2 N–H and O–H groups in total. The SMILES string of the molecule is CCOc1nc2nn(C)cc2cc1C(=O)Nc1ccc(N2CCN(C(=O)O)[C@@H](C)C2)nn1. The van der Waals surface area contributed by atoms with Crippen LogP contribution >= 0.6 is 0 Å². The summed E-state index contributed by atoms with van der Waals surface area (Å²) in [7, 11) is 1.78. The number of carbonyl (C=O) groups is 2. The fraction of sp³-hybridized carbons (Fsp3) is 0.400. The summed E-state index contributed by atoms with van der Waals surface area (Å²) >= 11 is 0. The third-order valence-corrected chi connectivity index (χ3v) is 5.19. The minimum Gasteiger partial charge on any atom is -0.477 e. The van der Waals surface area contributed by atoms with Gasteiger partial charge in [-0.15, -0.1) is 10.2 Å². The number of rotatable bonds is 5. The number of aryl methyl sites for hydroxylation is 1. The molecule has 168 valence electrons. The summed E-state index contributed by atoms with van der Waals surface area (Å²) < 4.78 is 7.16. The molecule has 4 heterocycles. The van der Waals surface area contributed by atoms with Crippen LogP contribution in [-0.2, 0) is 7.05 Å². The molecular formula is C20H24N8O4. The number of hydrogen-bond acceptors (Lipinski definition) is 8. The molecule has 1 aliphatic heterocycles. The zero-order chi connectivity index (χ0) is 22.8. The number of pyridine rings is 1. The first-order valence-electron chi connectivity index (χ1n) is 10.2. The molecule has 1 atom stereocenters. The van der Waals surface area contributed by atoms with Gasteiger partial charge in [0.2, 0.25) is 5.88 Å². The molecule has 0 bridgehead atoms. The first-order chi connectivity index (χ1) is 15.4. The normalized spacial score (nSPS) is 16.3. The zero-order valence-corrected chi connectivity index (χ0v) is 18.0. The molecular weight excluding hydrogens is 416 g/mol. The highest BCUT2D eigenvalue weighted by molar-refractivity contribution is 6.07. The monoisotopic (exact) mass is 440 g/mol. The maximum absolute atomic E-state index is 12.9. The fourth-order valence-corrected chi connectivity index (χ4v) is 3.66. The molecule has 0 unspecified atom stereocenters. The molecule has 0 aromatic carbocycles. The molecule has 3 aromatic rings. The Labute approximate surface area is 183 Å². The maximum Gasteiger partial charge on any atom is 0.407 e. The Balaban J connectivity index is 1.48. The van der Waals surface area contributed by atoms with Crippen LogP contribution < -0.4 is 15.0 Å². The Bertz CT molecular complexity index is 1150. The van der Waals surface area contributed by atoms with Crippen LogP contribution in [0.4, 0.5) is 16.4 Å². The van der Waals surface area contributed by atoms with Crippen molar-refractivity contribution in [3.63, 3.8) is 0 Å². The number of piperazine rings is 1. The van der Waals surface area contributed by atoms with E-state index in [-0.39, 0.29) is 23.3 Å². The van der Waals surface area contributed by atoms with Crippen molar-refractivity contribution in [2.45, 2.75) is 19.9 Å². The molecule has 0 aliphatic carbocycles. The first kappa shape index (κ1) is 21.3. The van der Waals surface area contributed by atoms with Gasteiger partial charge in [-0.05, 0) is 32.0 Å². The molecule has 0 saturated carbocycles. The summed E-state index contributed by atoms with van der Waals surface area (Å²) in [5, 5.41) is 25.2. The van der Waals surface area contributed by atoms with Gasteiger partial charge in [0.25, 0.3) is 5.91 Å². The second-order valence-corrected chi connectivity index (χ2v) is 7.49. The fourth-order valence-electron chi connectivity index (χ4n) is 3.66. The van der Waals surface area contributed by atoms with E-state index in [2.05, 4.69) is 25.6 Å². The molecule has 4 rings (SSSR count). The number of carboxylic acid groups (broad SMARTS) is 1. The van der Waals surface area contributed by atoms with Crippen LogP contribution in [0.2, 0.25) is 0 Å². The highest BCUT2D eigenvalue weighted by Gasteiger charge is 2.28. The quantitative estimate of drug-likeness (QED) is 0.605. The minimum atomic E-state index is -0.924. The van der Waals surface area contributed by atoms with E-state index in [4.69, 9.17) is 4.74 Å². The Morgan fingerprint density at radius 1 is 1.28 bits per heavy atom. The van der Waals surface area contributed by atoms with E-state index in [1.807, 2.05) is 18.7 Å². The second kappa shape index (κ2) is 8.65. The number of carbonyl (C=O) groups excluding carboxylic acids is 1. The topological polar surface area (TPSA) is 139 Å². The number of fused-ring (bicyclic) bond motifs is 1. The average molecular weight is 440 g/mol. The molecule has 32 heavy (non-hydrogen) atoms. The summed E-state index contributed by atoms with van der Waals surface area (Å²) in [6, 6.07) is 4.93. The van der Waals surface area contributed by atoms with Gasteiger partial charge in [0.05, 0.1) is 6.61 Å². The van der Waals surface area contributed by atoms with E-state index in [9.17, 15) is 14.7 Å². The van der Waals surface area contributed by atoms with Gasteiger partial charge < -0.3 is 25.0 Å². The summed E-state index contributed by atoms with van der Waals surface area (Å²) in [5.41, 5.74) is 0.769. The summed E-state index contributed by atoms with van der Waals surface area (Å²) in [4.78, 5) is 31.8. The predicted octanol–water partition coefficient (Wildman–Crippen LogP) is 1.60. The lowest BCUT2D eigenvalue weighted by molar-refractivity contribution is 0.102. The van der Waals surface area contributed by atoms with Crippen molar-refractivity contribution in [2.75, 3.05) is 36.5 Å². The zero-order valence-electron chi connectivity index (χ0n) is 18.0. The highest BCUT2D eigenvalue weighted by Crippen LogP contribution is 2.23. The van der Waals surface area contributed by atoms with Crippen LogP contribution in [-0.4, -0.2) is 79.3 Å². The standard InChI is InChI=1S/C20H24N8O4/c1-4-32-19-14(9-13-11-26(3)25-17(13)22-19)18(29)21-15-5-6-16(24-23-15)27-7-8-28(20(30)31)12(2)10-27/h5-6,9,11-12H,4,7-8,10H2,1-3H3,(H,30,31)(H,21,23,29)/t12-/m0/s1. The van der Waals surface area contributed by atoms with Crippen LogP contribution in [0, 0.1) is 0 Å². The molecule has 0 radical (unpaired) electrons. The summed E-state index contributed by atoms with van der Waals surface area (Å²) in [6.07, 6.45) is 0.848. The lowest BCUT2D eigenvalue weighted by Crippen LogP contribution is -2.54. The molecule has 12 heteroatoms. The van der Waals surface area contributed by atoms with Crippen LogP contribution in [0.15, 0.2) is 24.4 Å². The van der Waals surface area contributed by atoms with Crippen molar-refractivity contribution in [1.29, 1.82) is 0 Å². The van der Waals surface area contributed by atoms with Gasteiger partial charge in [0.15, 0.2) is 17.3 Å². The van der Waals surface area contributed by atoms with E-state index >= 15 is 0 Å². The van der Waals surface area contributed by atoms with Crippen molar-refractivity contribution in [2.24, 2.45) is 7.05 Å². The lowest BCUT2D eigenvalue weighted by atomic mass is 10.2. The van der Waals surface area contributed by atoms with Crippen LogP contribution in [0.25, 0.3) is 11.0 Å². The van der Waals surface area contributed by atoms with Crippen LogP contribution in [0.3, 0.4) is 0 Å². The Kier molecular flexibility index (Phi) is 5.75. The highest BCUT2D eigenvalue weighted by atomic mass is 16.5. The van der Waals surface area contributed by atoms with E-state index in [0.717, 1.165) is 5.39 Å². The van der Waals surface area contributed by atoms with Crippen LogP contribution in [0.5, 0.6) is 5.88 Å². The van der Waals surface area contributed by atoms with Crippen molar-refractivity contribution in [3.8, 4) is 5.88 Å². The number of nitrogens with zero attached hydrogens (tertiary/aromatic N) is 7. The molecule has 12 nitrogen and oxygen atoms in total. The number of hydrogen-bond donors (Lipinski definition) is 2. The first-order valence-corrected chi connectivity index (χ1v) is 10.2. The van der Waals surface area contributed by atoms with E-state index in [1.54, 1.807) is 36.1 Å². The number of ether oxygens (including phenoxy) is 1. The lowest BCUT2D eigenvalue weighted by Gasteiger charge is -2.38. The van der Waals surface area contributed by atoms with E-state index in [1.165, 1.54) is 4.90 Å². The van der Waals surface area contributed by atoms with Gasteiger partial charge >= 0.3 is 6.09 Å². The molecule has 1 fully saturated rings. The Morgan fingerprint density at radius 2 is 2.09 bits per heavy atom. The molecule has 0 spiro atoms. The van der Waals surface area contributed by atoms with Gasteiger partial charge in [-0.1, -0.05) is 0 Å². The molecule has 1 saturated heterocycles. The predicted molar refractivity (Wildman–Crippen MR) is 116 cm³/mol. The second-order valence-electron chi connectivity index (χ2n) is 7.49. The van der Waals surface area contributed by atoms with Gasteiger partial charge in [0, 0.05) is 44.3 Å². The van der Waals surface area contributed by atoms with Gasteiger partial charge in [-0.3, -0.25) is 9.48 Å². The van der Waals surface area contributed by atoms with E-state index in [0.29, 0.717) is 37.7 Å². The smallest absolute Gasteiger partial charge is 0.407 e. The maximum atomic E-state index is 12.9. The Morgan fingerprint density at radius 3 is 2.75 bits per heavy atom. The molecule has 1 aliphatic rings. The van der Waals surface area contributed by atoms with Gasteiger partial charge in [0.1, 0.15) is 5.56 Å². The molecule has 2 amide bonds. The number of anilines is 2. The summed E-state index contributed by atoms with van der Waals surface area (Å²) in [6.45, 7) is 5.44. The van der Waals surface area contributed by atoms with Gasteiger partial charge in [-0.25, -0.2) is 4.79 Å². The van der Waals surface area contributed by atoms with Gasteiger partial charge in [-0.2, -0.15) is 10.1 Å². The largest absolute Gasteiger partial charge is 0.477 e. The van der Waals surface area contributed by atoms with E-state index < -0.39 is 12.0 Å².